The van der Waals surface area contributed by atoms with Gasteiger partial charge in [-0.05, 0) is 37.6 Å². The van der Waals surface area contributed by atoms with Gasteiger partial charge in [0.05, 0.1) is 15.6 Å². The van der Waals surface area contributed by atoms with Crippen molar-refractivity contribution in [3.8, 4) is 0 Å². The number of aryl methyl sites for hydroxylation is 1. The third kappa shape index (κ3) is 4.90. The molecule has 1 amide bonds. The van der Waals surface area contributed by atoms with Gasteiger partial charge in [0.1, 0.15) is 0 Å². The van der Waals surface area contributed by atoms with Crippen molar-refractivity contribution in [1.29, 1.82) is 0 Å². The minimum atomic E-state index is -0.456. The number of benzene rings is 1. The average molecular weight is 410 g/mol. The van der Waals surface area contributed by atoms with E-state index in [9.17, 15) is 14.4 Å². The summed E-state index contributed by atoms with van der Waals surface area (Å²) in [5.74, 6) is -0.257. The van der Waals surface area contributed by atoms with E-state index in [1.54, 1.807) is 24.1 Å². The first-order valence-corrected chi connectivity index (χ1v) is 9.06. The highest BCUT2D eigenvalue weighted by molar-refractivity contribution is 6.42. The van der Waals surface area contributed by atoms with Crippen LogP contribution in [-0.2, 0) is 25.4 Å². The number of carbonyl (C=O) groups excluding carboxylic acids is 1. The average Bonchev–Trinajstić information content (AvgIpc) is 2.62. The highest BCUT2D eigenvalue weighted by Gasteiger charge is 2.16. The summed E-state index contributed by atoms with van der Waals surface area (Å²) in [7, 11) is 2.94. The standard InChI is InChI=1S/C19H21Cl2N3O3/c1-12(2)24(10-13-5-7-15(20)16(21)9-13)17(25)8-6-14-11-22(3)19(27)23(4)18(14)26/h5-9,11-12H,10H2,1-4H3. The molecule has 1 aromatic carbocycles. The van der Waals surface area contributed by atoms with Crippen molar-refractivity contribution in [3.63, 3.8) is 0 Å². The second kappa shape index (κ2) is 8.59. The molecule has 6 nitrogen and oxygen atoms in total. The number of nitrogens with zero attached hydrogens (tertiary/aromatic N) is 3. The maximum atomic E-state index is 12.7. The summed E-state index contributed by atoms with van der Waals surface area (Å²) in [5, 5.41) is 0.878. The Bertz CT molecular complexity index is 1010. The molecular formula is C19H21Cl2N3O3. The summed E-state index contributed by atoms with van der Waals surface area (Å²) in [5.41, 5.74) is 0.221. The highest BCUT2D eigenvalue weighted by Crippen LogP contribution is 2.23. The topological polar surface area (TPSA) is 64.3 Å². The first-order valence-electron chi connectivity index (χ1n) is 8.31. The maximum Gasteiger partial charge on any atom is 0.330 e. The fraction of sp³-hybridized carbons (Fsp3) is 0.316. The summed E-state index contributed by atoms with van der Waals surface area (Å²) < 4.78 is 2.29. The van der Waals surface area contributed by atoms with Crippen molar-refractivity contribution < 1.29 is 4.79 Å². The van der Waals surface area contributed by atoms with Gasteiger partial charge in [-0.2, -0.15) is 0 Å². The monoisotopic (exact) mass is 409 g/mol. The predicted octanol–water partition coefficient (Wildman–Crippen LogP) is 2.84. The molecule has 1 aromatic heterocycles. The van der Waals surface area contributed by atoms with Gasteiger partial charge in [-0.1, -0.05) is 29.3 Å². The van der Waals surface area contributed by atoms with Gasteiger partial charge in [0.2, 0.25) is 5.91 Å². The van der Waals surface area contributed by atoms with Gasteiger partial charge < -0.3 is 9.47 Å². The Morgan fingerprint density at radius 3 is 2.44 bits per heavy atom. The molecule has 2 aromatic rings. The van der Waals surface area contributed by atoms with Crippen LogP contribution < -0.4 is 11.2 Å². The summed E-state index contributed by atoms with van der Waals surface area (Å²) in [6.07, 6.45) is 4.17. The van der Waals surface area contributed by atoms with Gasteiger partial charge in [0, 0.05) is 39.0 Å². The van der Waals surface area contributed by atoms with Crippen molar-refractivity contribution in [2.75, 3.05) is 0 Å². The van der Waals surface area contributed by atoms with Crippen molar-refractivity contribution >= 4 is 35.2 Å². The Labute approximate surface area is 167 Å². The molecule has 1 heterocycles. The molecule has 0 unspecified atom stereocenters. The number of amides is 1. The smallest absolute Gasteiger partial charge is 0.330 e. The second-order valence-electron chi connectivity index (χ2n) is 6.48. The van der Waals surface area contributed by atoms with Crippen molar-refractivity contribution in [2.45, 2.75) is 26.4 Å². The van der Waals surface area contributed by atoms with Crippen LogP contribution in [0.5, 0.6) is 0 Å². The summed E-state index contributed by atoms with van der Waals surface area (Å²) in [6, 6.07) is 5.15. The normalized spacial score (nSPS) is 11.4. The summed E-state index contributed by atoms with van der Waals surface area (Å²) in [4.78, 5) is 38.2. The SMILES string of the molecule is CC(C)N(Cc1ccc(Cl)c(Cl)c1)C(=O)C=Cc1cn(C)c(=O)n(C)c1=O. The second-order valence-corrected chi connectivity index (χ2v) is 7.30. The van der Waals surface area contributed by atoms with Gasteiger partial charge in [0.25, 0.3) is 5.56 Å². The zero-order valence-corrected chi connectivity index (χ0v) is 17.1. The Morgan fingerprint density at radius 1 is 1.19 bits per heavy atom. The van der Waals surface area contributed by atoms with Crippen LogP contribution in [-0.4, -0.2) is 26.0 Å². The number of carbonyl (C=O) groups is 1. The summed E-state index contributed by atoms with van der Waals surface area (Å²) >= 11 is 12.0. The molecule has 0 atom stereocenters. The minimum Gasteiger partial charge on any atom is -0.332 e. The molecule has 0 saturated carbocycles. The molecule has 0 saturated heterocycles. The summed E-state index contributed by atoms with van der Waals surface area (Å²) in [6.45, 7) is 4.14. The minimum absolute atomic E-state index is 0.0698. The first kappa shape index (κ1) is 21.0. The van der Waals surface area contributed by atoms with Crippen molar-refractivity contribution in [3.05, 3.63) is 72.5 Å². The Kier molecular flexibility index (Phi) is 6.68. The van der Waals surface area contributed by atoms with Gasteiger partial charge >= 0.3 is 5.69 Å². The Morgan fingerprint density at radius 2 is 1.85 bits per heavy atom. The lowest BCUT2D eigenvalue weighted by molar-refractivity contribution is -0.128. The molecule has 8 heteroatoms. The van der Waals surface area contributed by atoms with Crippen LogP contribution >= 0.6 is 23.2 Å². The van der Waals surface area contributed by atoms with Crippen molar-refractivity contribution in [2.24, 2.45) is 14.1 Å². The van der Waals surface area contributed by atoms with E-state index in [-0.39, 0.29) is 17.5 Å². The molecule has 0 N–H and O–H groups in total. The lowest BCUT2D eigenvalue weighted by Crippen LogP contribution is -2.38. The van der Waals surface area contributed by atoms with Crippen LogP contribution in [0.25, 0.3) is 6.08 Å². The predicted molar refractivity (Wildman–Crippen MR) is 108 cm³/mol. The van der Waals surface area contributed by atoms with Gasteiger partial charge in [-0.25, -0.2) is 4.79 Å². The van der Waals surface area contributed by atoms with E-state index >= 15 is 0 Å². The third-order valence-electron chi connectivity index (χ3n) is 4.12. The van der Waals surface area contributed by atoms with E-state index in [1.807, 2.05) is 19.9 Å². The van der Waals surface area contributed by atoms with E-state index in [2.05, 4.69) is 0 Å². The largest absolute Gasteiger partial charge is 0.332 e. The zero-order chi connectivity index (χ0) is 20.3. The van der Waals surface area contributed by atoms with E-state index < -0.39 is 11.2 Å². The van der Waals surface area contributed by atoms with Crippen LogP contribution in [0.4, 0.5) is 0 Å². The van der Waals surface area contributed by atoms with Crippen LogP contribution in [0.15, 0.2) is 40.1 Å². The molecule has 0 aliphatic carbocycles. The fourth-order valence-corrected chi connectivity index (χ4v) is 2.88. The van der Waals surface area contributed by atoms with Gasteiger partial charge in [0.15, 0.2) is 0 Å². The lowest BCUT2D eigenvalue weighted by Gasteiger charge is -2.25. The molecule has 0 bridgehead atoms. The fourth-order valence-electron chi connectivity index (χ4n) is 2.56. The maximum absolute atomic E-state index is 12.7. The number of aromatic nitrogens is 2. The molecule has 2 rings (SSSR count). The number of halogens is 2. The zero-order valence-electron chi connectivity index (χ0n) is 15.6. The molecule has 0 spiro atoms. The lowest BCUT2D eigenvalue weighted by atomic mass is 10.1. The molecule has 144 valence electrons. The molecular weight excluding hydrogens is 389 g/mol. The van der Waals surface area contributed by atoms with Crippen LogP contribution in [0, 0.1) is 0 Å². The van der Waals surface area contributed by atoms with E-state index in [4.69, 9.17) is 23.2 Å². The number of hydrogen-bond donors (Lipinski definition) is 0. The van der Waals surface area contributed by atoms with Gasteiger partial charge in [-0.3, -0.25) is 14.2 Å². The van der Waals surface area contributed by atoms with E-state index in [1.165, 1.54) is 30.0 Å². The van der Waals surface area contributed by atoms with Crippen molar-refractivity contribution in [1.82, 2.24) is 14.0 Å². The van der Waals surface area contributed by atoms with E-state index in [0.717, 1.165) is 10.1 Å². The van der Waals surface area contributed by atoms with Crippen LogP contribution in [0.1, 0.15) is 25.0 Å². The van der Waals surface area contributed by atoms with Crippen LogP contribution in [0.3, 0.4) is 0 Å². The molecule has 27 heavy (non-hydrogen) atoms. The molecule has 0 fully saturated rings. The van der Waals surface area contributed by atoms with Gasteiger partial charge in [-0.15, -0.1) is 0 Å². The highest BCUT2D eigenvalue weighted by atomic mass is 35.5. The third-order valence-corrected chi connectivity index (χ3v) is 4.86. The molecule has 0 radical (unpaired) electrons. The molecule has 0 aliphatic heterocycles. The quantitative estimate of drug-likeness (QED) is 0.713. The first-order chi connectivity index (χ1) is 12.6. The molecule has 0 aliphatic rings. The van der Waals surface area contributed by atoms with E-state index in [0.29, 0.717) is 16.6 Å². The Hall–Kier alpha value is -2.31. The van der Waals surface area contributed by atoms with Crippen LogP contribution in [0.2, 0.25) is 10.0 Å². The number of rotatable bonds is 5. The number of hydrogen-bond acceptors (Lipinski definition) is 3. The Balaban J connectivity index is 2.27.